The van der Waals surface area contributed by atoms with Gasteiger partial charge in [-0.1, -0.05) is 24.9 Å². The van der Waals surface area contributed by atoms with Crippen molar-refractivity contribution in [1.29, 1.82) is 0 Å². The van der Waals surface area contributed by atoms with E-state index in [0.717, 1.165) is 11.7 Å². The van der Waals surface area contributed by atoms with Crippen molar-refractivity contribution in [2.45, 2.75) is 50.8 Å². The van der Waals surface area contributed by atoms with E-state index in [9.17, 15) is 0 Å². The topological polar surface area (TPSA) is 38.9 Å². The Hall–Kier alpha value is -0.570. The highest BCUT2D eigenvalue weighted by Gasteiger charge is 2.25. The SMILES string of the molecule is CC1CCCC(c2noc(C(C)Cl)n2)C1. The third-order valence-electron chi connectivity index (χ3n) is 3.10. The molecule has 0 amide bonds. The Morgan fingerprint density at radius 2 is 2.27 bits per heavy atom. The lowest BCUT2D eigenvalue weighted by atomic mass is 9.82. The molecule has 3 atom stereocenters. The van der Waals surface area contributed by atoms with Crippen LogP contribution in [0.2, 0.25) is 0 Å². The van der Waals surface area contributed by atoms with Gasteiger partial charge in [0.1, 0.15) is 5.38 Å². The molecule has 1 aromatic heterocycles. The van der Waals surface area contributed by atoms with E-state index in [4.69, 9.17) is 16.1 Å². The average molecular weight is 229 g/mol. The smallest absolute Gasteiger partial charge is 0.244 e. The van der Waals surface area contributed by atoms with Crippen molar-refractivity contribution in [3.8, 4) is 0 Å². The van der Waals surface area contributed by atoms with E-state index in [1.54, 1.807) is 0 Å². The number of hydrogen-bond acceptors (Lipinski definition) is 3. The molecule has 0 aliphatic heterocycles. The standard InChI is InChI=1S/C11H17ClN2O/c1-7-4-3-5-9(6-7)10-13-11(8(2)12)15-14-10/h7-9H,3-6H2,1-2H3. The maximum absolute atomic E-state index is 5.89. The zero-order valence-corrected chi connectivity index (χ0v) is 10.00. The molecule has 1 aliphatic rings. The highest BCUT2D eigenvalue weighted by atomic mass is 35.5. The van der Waals surface area contributed by atoms with Gasteiger partial charge in [0.2, 0.25) is 5.89 Å². The van der Waals surface area contributed by atoms with Gasteiger partial charge in [0, 0.05) is 5.92 Å². The molecule has 84 valence electrons. The number of hydrogen-bond donors (Lipinski definition) is 0. The molecule has 2 rings (SSSR count). The predicted octanol–water partition coefficient (Wildman–Crippen LogP) is 3.66. The molecular weight excluding hydrogens is 212 g/mol. The van der Waals surface area contributed by atoms with Crippen LogP contribution in [0.3, 0.4) is 0 Å². The summed E-state index contributed by atoms with van der Waals surface area (Å²) in [4.78, 5) is 4.36. The molecule has 0 radical (unpaired) electrons. The summed E-state index contributed by atoms with van der Waals surface area (Å²) in [5, 5.41) is 3.84. The first-order chi connectivity index (χ1) is 7.16. The number of nitrogens with zero attached hydrogens (tertiary/aromatic N) is 2. The van der Waals surface area contributed by atoms with Gasteiger partial charge in [-0.25, -0.2) is 0 Å². The Labute approximate surface area is 95.2 Å². The highest BCUT2D eigenvalue weighted by Crippen LogP contribution is 2.35. The normalized spacial score (nSPS) is 29.0. The fraction of sp³-hybridized carbons (Fsp3) is 0.818. The Balaban J connectivity index is 2.08. The molecule has 1 fully saturated rings. The molecule has 0 saturated heterocycles. The summed E-state index contributed by atoms with van der Waals surface area (Å²) in [6, 6.07) is 0. The lowest BCUT2D eigenvalue weighted by Gasteiger charge is -2.23. The maximum Gasteiger partial charge on any atom is 0.244 e. The van der Waals surface area contributed by atoms with Gasteiger partial charge < -0.3 is 4.52 Å². The van der Waals surface area contributed by atoms with Crippen LogP contribution in [0.25, 0.3) is 0 Å². The fourth-order valence-corrected chi connectivity index (χ4v) is 2.33. The summed E-state index contributed by atoms with van der Waals surface area (Å²) in [7, 11) is 0. The molecular formula is C11H17ClN2O. The second kappa shape index (κ2) is 4.52. The minimum absolute atomic E-state index is 0.188. The predicted molar refractivity (Wildman–Crippen MR) is 58.9 cm³/mol. The molecule has 1 aromatic rings. The van der Waals surface area contributed by atoms with Crippen molar-refractivity contribution >= 4 is 11.6 Å². The Morgan fingerprint density at radius 3 is 2.87 bits per heavy atom. The maximum atomic E-state index is 5.89. The van der Waals surface area contributed by atoms with Crippen LogP contribution < -0.4 is 0 Å². The van der Waals surface area contributed by atoms with Crippen LogP contribution in [0, 0.1) is 5.92 Å². The fourth-order valence-electron chi connectivity index (χ4n) is 2.24. The van der Waals surface area contributed by atoms with Crippen LogP contribution in [0.4, 0.5) is 0 Å². The summed E-state index contributed by atoms with van der Waals surface area (Å²) < 4.78 is 5.12. The number of rotatable bonds is 2. The van der Waals surface area contributed by atoms with Crippen molar-refractivity contribution in [1.82, 2.24) is 10.1 Å². The molecule has 3 unspecified atom stereocenters. The van der Waals surface area contributed by atoms with E-state index >= 15 is 0 Å². The highest BCUT2D eigenvalue weighted by molar-refractivity contribution is 6.20. The third kappa shape index (κ3) is 2.51. The van der Waals surface area contributed by atoms with E-state index in [1.807, 2.05) is 6.92 Å². The van der Waals surface area contributed by atoms with Crippen molar-refractivity contribution in [3.05, 3.63) is 11.7 Å². The number of halogens is 1. The van der Waals surface area contributed by atoms with Crippen LogP contribution >= 0.6 is 11.6 Å². The van der Waals surface area contributed by atoms with E-state index in [2.05, 4.69) is 17.1 Å². The number of alkyl halides is 1. The van der Waals surface area contributed by atoms with Gasteiger partial charge in [-0.15, -0.1) is 11.6 Å². The minimum Gasteiger partial charge on any atom is -0.338 e. The molecule has 0 spiro atoms. The first-order valence-corrected chi connectivity index (χ1v) is 6.08. The Kier molecular flexibility index (Phi) is 3.29. The zero-order valence-electron chi connectivity index (χ0n) is 9.24. The lowest BCUT2D eigenvalue weighted by molar-refractivity contribution is 0.320. The average Bonchev–Trinajstić information content (AvgIpc) is 2.66. The second-order valence-corrected chi connectivity index (χ2v) is 5.23. The third-order valence-corrected chi connectivity index (χ3v) is 3.29. The summed E-state index contributed by atoms with van der Waals surface area (Å²) >= 11 is 5.89. The summed E-state index contributed by atoms with van der Waals surface area (Å²) in [6.45, 7) is 4.14. The van der Waals surface area contributed by atoms with Gasteiger partial charge in [-0.05, 0) is 25.7 Å². The van der Waals surface area contributed by atoms with Gasteiger partial charge in [0.15, 0.2) is 5.82 Å². The van der Waals surface area contributed by atoms with E-state index < -0.39 is 0 Å². The van der Waals surface area contributed by atoms with Gasteiger partial charge in [-0.2, -0.15) is 4.98 Å². The van der Waals surface area contributed by atoms with Gasteiger partial charge >= 0.3 is 0 Å². The monoisotopic (exact) mass is 228 g/mol. The van der Waals surface area contributed by atoms with Crippen LogP contribution in [0.5, 0.6) is 0 Å². The first-order valence-electron chi connectivity index (χ1n) is 5.64. The molecule has 0 aromatic carbocycles. The second-order valence-electron chi connectivity index (χ2n) is 4.58. The van der Waals surface area contributed by atoms with Crippen molar-refractivity contribution in [2.75, 3.05) is 0 Å². The van der Waals surface area contributed by atoms with Crippen molar-refractivity contribution < 1.29 is 4.52 Å². The van der Waals surface area contributed by atoms with Gasteiger partial charge in [0.25, 0.3) is 0 Å². The van der Waals surface area contributed by atoms with Crippen LogP contribution in [0.1, 0.15) is 62.5 Å². The van der Waals surface area contributed by atoms with E-state index in [1.165, 1.54) is 25.7 Å². The Morgan fingerprint density at radius 1 is 1.47 bits per heavy atom. The van der Waals surface area contributed by atoms with Gasteiger partial charge in [0.05, 0.1) is 0 Å². The molecule has 0 N–H and O–H groups in total. The van der Waals surface area contributed by atoms with Crippen molar-refractivity contribution in [3.63, 3.8) is 0 Å². The molecule has 1 aliphatic carbocycles. The zero-order chi connectivity index (χ0) is 10.8. The molecule has 4 heteroatoms. The Bertz CT molecular complexity index is 324. The van der Waals surface area contributed by atoms with Gasteiger partial charge in [-0.3, -0.25) is 0 Å². The van der Waals surface area contributed by atoms with E-state index in [0.29, 0.717) is 11.8 Å². The minimum atomic E-state index is -0.188. The largest absolute Gasteiger partial charge is 0.338 e. The summed E-state index contributed by atoms with van der Waals surface area (Å²) in [5.74, 6) is 2.65. The van der Waals surface area contributed by atoms with Crippen molar-refractivity contribution in [2.24, 2.45) is 5.92 Å². The first kappa shape index (κ1) is 10.9. The molecule has 15 heavy (non-hydrogen) atoms. The quantitative estimate of drug-likeness (QED) is 0.725. The van der Waals surface area contributed by atoms with Crippen LogP contribution in [-0.2, 0) is 0 Å². The van der Waals surface area contributed by atoms with E-state index in [-0.39, 0.29) is 5.38 Å². The summed E-state index contributed by atoms with van der Waals surface area (Å²) in [5.41, 5.74) is 0. The number of aromatic nitrogens is 2. The molecule has 1 heterocycles. The van der Waals surface area contributed by atoms with Crippen LogP contribution in [-0.4, -0.2) is 10.1 Å². The molecule has 1 saturated carbocycles. The lowest BCUT2D eigenvalue weighted by Crippen LogP contribution is -2.12. The molecule has 0 bridgehead atoms. The summed E-state index contributed by atoms with van der Waals surface area (Å²) in [6.07, 6.45) is 4.95. The molecule has 3 nitrogen and oxygen atoms in total. The van der Waals surface area contributed by atoms with Crippen LogP contribution in [0.15, 0.2) is 4.52 Å².